The molecule has 50 heavy (non-hydrogen) atoms. The average Bonchev–Trinajstić information content (AvgIpc) is 3.41. The van der Waals surface area contributed by atoms with Gasteiger partial charge in [-0.15, -0.1) is 0 Å². The Morgan fingerprint density at radius 3 is 1.86 bits per heavy atom. The normalized spacial score (nSPS) is 12.9. The van der Waals surface area contributed by atoms with Gasteiger partial charge in [-0.3, -0.25) is 19.2 Å². The second-order valence-corrected chi connectivity index (χ2v) is 14.6. The second kappa shape index (κ2) is 22.2. The molecule has 0 spiro atoms. The molecule has 3 rings (SSSR count). The summed E-state index contributed by atoms with van der Waals surface area (Å²) in [6, 6.07) is 16.3. The van der Waals surface area contributed by atoms with E-state index < -0.39 is 23.8 Å². The van der Waals surface area contributed by atoms with Crippen LogP contribution in [0.1, 0.15) is 141 Å². The zero-order valence-electron chi connectivity index (χ0n) is 31.1. The van der Waals surface area contributed by atoms with Crippen LogP contribution in [0.2, 0.25) is 0 Å². The van der Waals surface area contributed by atoms with E-state index in [1.54, 1.807) is 0 Å². The van der Waals surface area contributed by atoms with Gasteiger partial charge in [0.15, 0.2) is 0 Å². The van der Waals surface area contributed by atoms with Crippen molar-refractivity contribution in [3.05, 3.63) is 59.7 Å². The van der Waals surface area contributed by atoms with E-state index in [2.05, 4.69) is 43.4 Å². The van der Waals surface area contributed by atoms with Gasteiger partial charge >= 0.3 is 17.9 Å². The van der Waals surface area contributed by atoms with Crippen LogP contribution in [0.3, 0.4) is 0 Å². The minimum Gasteiger partial charge on any atom is -0.465 e. The van der Waals surface area contributed by atoms with Crippen LogP contribution in [0.15, 0.2) is 48.5 Å². The smallest absolute Gasteiger partial charge is 0.317 e. The van der Waals surface area contributed by atoms with E-state index in [-0.39, 0.29) is 50.4 Å². The van der Waals surface area contributed by atoms with Gasteiger partial charge in [-0.05, 0) is 41.0 Å². The summed E-state index contributed by atoms with van der Waals surface area (Å²) in [5, 5.41) is 2.77. The van der Waals surface area contributed by atoms with Gasteiger partial charge < -0.3 is 19.5 Å². The second-order valence-electron chi connectivity index (χ2n) is 14.6. The fourth-order valence-electron chi connectivity index (χ4n) is 6.63. The number of amides is 1. The number of unbranched alkanes of at least 4 members (excludes halogenated alkanes) is 8. The zero-order valence-corrected chi connectivity index (χ0v) is 31.1. The van der Waals surface area contributed by atoms with Gasteiger partial charge in [-0.25, -0.2) is 0 Å². The summed E-state index contributed by atoms with van der Waals surface area (Å²) in [5.74, 6) is -1.56. The van der Waals surface area contributed by atoms with E-state index in [0.29, 0.717) is 12.5 Å². The molecule has 0 saturated carbocycles. The molecule has 0 fully saturated rings. The van der Waals surface area contributed by atoms with Gasteiger partial charge in [0.25, 0.3) is 0 Å². The molecule has 0 saturated heterocycles. The first-order valence-electron chi connectivity index (χ1n) is 19.0. The largest absolute Gasteiger partial charge is 0.465 e. The van der Waals surface area contributed by atoms with Crippen LogP contribution >= 0.6 is 0 Å². The number of ether oxygens (including phenoxy) is 3. The minimum atomic E-state index is -0.659. The summed E-state index contributed by atoms with van der Waals surface area (Å²) in [7, 11) is 0. The van der Waals surface area contributed by atoms with Crippen molar-refractivity contribution in [3.8, 4) is 11.1 Å². The number of fused-ring (bicyclic) bond motifs is 3. The predicted octanol–water partition coefficient (Wildman–Crippen LogP) is 9.08. The Morgan fingerprint density at radius 1 is 0.700 bits per heavy atom. The maximum Gasteiger partial charge on any atom is 0.317 e. The van der Waals surface area contributed by atoms with Crippen LogP contribution < -0.4 is 5.32 Å². The molecule has 2 aromatic carbocycles. The quantitative estimate of drug-likeness (QED) is 0.0479. The highest BCUT2D eigenvalue weighted by Crippen LogP contribution is 2.44. The topological polar surface area (TPSA) is 108 Å². The highest BCUT2D eigenvalue weighted by Gasteiger charge is 2.29. The summed E-state index contributed by atoms with van der Waals surface area (Å²) in [6.07, 6.45) is 13.9. The van der Waals surface area contributed by atoms with Gasteiger partial charge in [-0.1, -0.05) is 140 Å². The Bertz CT molecular complexity index is 1310. The fourth-order valence-corrected chi connectivity index (χ4v) is 6.63. The molecule has 0 radical (unpaired) electrons. The molecule has 276 valence electrons. The lowest BCUT2D eigenvalue weighted by atomic mass is 9.90. The number of hydrogen-bond acceptors (Lipinski definition) is 7. The Labute approximate surface area is 300 Å². The summed E-state index contributed by atoms with van der Waals surface area (Å²) in [5.41, 5.74) is 3.97. The maximum absolute atomic E-state index is 12.6. The molecule has 2 aromatic rings. The molecule has 1 aliphatic rings. The minimum absolute atomic E-state index is 0.0153. The highest BCUT2D eigenvalue weighted by atomic mass is 16.6. The van der Waals surface area contributed by atoms with Crippen LogP contribution in [0, 0.1) is 11.3 Å². The van der Waals surface area contributed by atoms with E-state index >= 15 is 0 Å². The Kier molecular flexibility index (Phi) is 18.1. The average molecular weight is 692 g/mol. The molecule has 1 amide bonds. The molecule has 8 nitrogen and oxygen atoms in total. The monoisotopic (exact) mass is 691 g/mol. The molecule has 0 aromatic heterocycles. The van der Waals surface area contributed by atoms with Crippen LogP contribution in [0.25, 0.3) is 11.1 Å². The van der Waals surface area contributed by atoms with E-state index in [0.717, 1.165) is 36.8 Å². The molecule has 0 heterocycles. The molecular formula is C42H61NO7. The fraction of sp³-hybridized carbons (Fsp3) is 0.619. The number of hydrogen-bond donors (Lipinski definition) is 1. The maximum atomic E-state index is 12.6. The van der Waals surface area contributed by atoms with Crippen LogP contribution in [-0.2, 0) is 33.4 Å². The van der Waals surface area contributed by atoms with Crippen molar-refractivity contribution in [1.29, 1.82) is 0 Å². The van der Waals surface area contributed by atoms with Crippen LogP contribution in [0.4, 0.5) is 0 Å². The standard InChI is InChI=1S/C42H61NO7/c1-5-7-9-11-12-14-20-32(19-13-10-8-6-2)29-48-40(46)27-41(47)50-31-42(3,4)28-38(44)43-26-25-39(45)49-30-37-35-23-17-15-21-33(35)34-22-16-18-24-36(34)37/h15-18,21-24,32,37H,5-14,19-20,25-31H2,1-4H3,(H,43,44). The van der Waals surface area contributed by atoms with Crippen molar-refractivity contribution < 1.29 is 33.4 Å². The Hall–Kier alpha value is -3.68. The van der Waals surface area contributed by atoms with Crippen LogP contribution in [-0.4, -0.2) is 50.2 Å². The first-order valence-corrected chi connectivity index (χ1v) is 19.0. The first kappa shape index (κ1) is 40.7. The molecule has 1 aliphatic carbocycles. The number of carbonyl (C=O) groups excluding carboxylic acids is 4. The van der Waals surface area contributed by atoms with E-state index in [9.17, 15) is 19.2 Å². The van der Waals surface area contributed by atoms with Crippen molar-refractivity contribution in [1.82, 2.24) is 5.32 Å². The molecular weight excluding hydrogens is 630 g/mol. The molecule has 1 N–H and O–H groups in total. The summed E-state index contributed by atoms with van der Waals surface area (Å²) in [6.45, 7) is 8.76. The van der Waals surface area contributed by atoms with Crippen molar-refractivity contribution in [3.63, 3.8) is 0 Å². The summed E-state index contributed by atoms with van der Waals surface area (Å²) < 4.78 is 16.5. The number of nitrogens with one attached hydrogen (secondary N) is 1. The molecule has 1 atom stereocenters. The zero-order chi connectivity index (χ0) is 36.2. The lowest BCUT2D eigenvalue weighted by Gasteiger charge is -2.23. The van der Waals surface area contributed by atoms with Crippen LogP contribution in [0.5, 0.6) is 0 Å². The van der Waals surface area contributed by atoms with Gasteiger partial charge in [0, 0.05) is 24.3 Å². The van der Waals surface area contributed by atoms with Gasteiger partial charge in [0.2, 0.25) is 5.91 Å². The van der Waals surface area contributed by atoms with E-state index in [1.807, 2.05) is 38.1 Å². The number of benzene rings is 2. The van der Waals surface area contributed by atoms with Gasteiger partial charge in [-0.2, -0.15) is 0 Å². The van der Waals surface area contributed by atoms with E-state index in [1.165, 1.54) is 62.5 Å². The molecule has 0 aliphatic heterocycles. The third kappa shape index (κ3) is 14.7. The van der Waals surface area contributed by atoms with Crippen molar-refractivity contribution in [2.75, 3.05) is 26.4 Å². The number of carbonyl (C=O) groups is 4. The van der Waals surface area contributed by atoms with Crippen molar-refractivity contribution in [2.45, 2.75) is 130 Å². The van der Waals surface area contributed by atoms with Gasteiger partial charge in [0.1, 0.15) is 13.0 Å². The third-order valence-electron chi connectivity index (χ3n) is 9.49. The van der Waals surface area contributed by atoms with Crippen molar-refractivity contribution >= 4 is 23.8 Å². The Morgan fingerprint density at radius 2 is 1.24 bits per heavy atom. The highest BCUT2D eigenvalue weighted by molar-refractivity contribution is 5.91. The Balaban J connectivity index is 1.30. The molecule has 0 bridgehead atoms. The third-order valence-corrected chi connectivity index (χ3v) is 9.49. The lowest BCUT2D eigenvalue weighted by Crippen LogP contribution is -2.33. The molecule has 1 unspecified atom stereocenters. The SMILES string of the molecule is CCCCCCCCC(CCCCCC)COC(=O)CC(=O)OCC(C)(C)CC(=O)NCCC(=O)OCC1c2ccccc2-c2ccccc21. The summed E-state index contributed by atoms with van der Waals surface area (Å²) >= 11 is 0. The number of rotatable bonds is 25. The lowest BCUT2D eigenvalue weighted by molar-refractivity contribution is -0.157. The molecule has 8 heteroatoms. The predicted molar refractivity (Wildman–Crippen MR) is 197 cm³/mol. The summed E-state index contributed by atoms with van der Waals surface area (Å²) in [4.78, 5) is 50.1. The van der Waals surface area contributed by atoms with Gasteiger partial charge in [0.05, 0.1) is 19.6 Å². The van der Waals surface area contributed by atoms with Crippen molar-refractivity contribution in [2.24, 2.45) is 11.3 Å². The first-order chi connectivity index (χ1) is 24.1. The number of esters is 3. The van der Waals surface area contributed by atoms with E-state index in [4.69, 9.17) is 14.2 Å².